The van der Waals surface area contributed by atoms with Crippen LogP contribution in [-0.2, 0) is 10.2 Å². The van der Waals surface area contributed by atoms with Crippen LogP contribution in [0.4, 0.5) is 20.7 Å². The van der Waals surface area contributed by atoms with E-state index in [1.54, 1.807) is 30.5 Å². The Labute approximate surface area is 194 Å². The van der Waals surface area contributed by atoms with Crippen LogP contribution in [-0.4, -0.2) is 48.5 Å². The fourth-order valence-corrected chi connectivity index (χ4v) is 5.21. The number of ether oxygens (including phenoxy) is 1. The van der Waals surface area contributed by atoms with E-state index < -0.39 is 23.4 Å². The molecule has 3 aliphatic rings. The zero-order valence-electron chi connectivity index (χ0n) is 18.1. The van der Waals surface area contributed by atoms with Crippen LogP contribution in [0.3, 0.4) is 0 Å². The number of benzene rings is 1. The van der Waals surface area contributed by atoms with Crippen molar-refractivity contribution in [1.82, 2.24) is 15.5 Å². The van der Waals surface area contributed by atoms with Crippen molar-refractivity contribution >= 4 is 17.6 Å². The maximum Gasteiger partial charge on any atom is 0.414 e. The zero-order chi connectivity index (χ0) is 23.3. The van der Waals surface area contributed by atoms with Gasteiger partial charge in [0, 0.05) is 48.3 Å². The lowest BCUT2D eigenvalue weighted by atomic mass is 9.96. The van der Waals surface area contributed by atoms with Crippen molar-refractivity contribution in [1.29, 1.82) is 5.26 Å². The van der Waals surface area contributed by atoms with E-state index in [2.05, 4.69) is 26.8 Å². The summed E-state index contributed by atoms with van der Waals surface area (Å²) in [6.07, 6.45) is 2.12. The van der Waals surface area contributed by atoms with Gasteiger partial charge in [0.15, 0.2) is 5.82 Å². The number of nitrogens with one attached hydrogen (secondary N) is 2. The predicted molar refractivity (Wildman–Crippen MR) is 119 cm³/mol. The van der Waals surface area contributed by atoms with Crippen molar-refractivity contribution in [3.8, 4) is 17.2 Å². The van der Waals surface area contributed by atoms with Gasteiger partial charge in [0.05, 0.1) is 30.5 Å². The summed E-state index contributed by atoms with van der Waals surface area (Å²) in [6.45, 7) is 2.29. The molecule has 0 radical (unpaired) electrons. The largest absolute Gasteiger partial charge is 0.442 e. The van der Waals surface area contributed by atoms with Crippen LogP contribution in [0, 0.1) is 29.0 Å². The number of nitrogens with zero attached hydrogens (tertiary/aromatic N) is 4. The molecule has 1 aliphatic carbocycles. The number of pyridine rings is 1. The van der Waals surface area contributed by atoms with Crippen molar-refractivity contribution in [3.05, 3.63) is 60.4 Å². The molecule has 2 N–H and O–H groups in total. The average Bonchev–Trinajstić information content (AvgIpc) is 3.38. The van der Waals surface area contributed by atoms with Crippen LogP contribution in [0.5, 0.6) is 0 Å². The monoisotopic (exact) mass is 460 g/mol. The third kappa shape index (κ3) is 3.20. The molecule has 2 aromatic heterocycles. The number of carbonyl (C=O) groups excluding carboxylic acids is 1. The molecule has 2 saturated heterocycles. The first-order chi connectivity index (χ1) is 16.6. The molecule has 9 nitrogen and oxygen atoms in total. The maximum atomic E-state index is 15.1. The van der Waals surface area contributed by atoms with Gasteiger partial charge in [-0.2, -0.15) is 5.26 Å². The van der Waals surface area contributed by atoms with Gasteiger partial charge in [0.1, 0.15) is 23.6 Å². The number of nitriles is 1. The summed E-state index contributed by atoms with van der Waals surface area (Å²) in [5.74, 6) is 0.669. The third-order valence-corrected chi connectivity index (χ3v) is 7.05. The van der Waals surface area contributed by atoms with E-state index in [-0.39, 0.29) is 6.54 Å². The lowest BCUT2D eigenvalue weighted by molar-refractivity contribution is 0.147. The molecule has 10 heteroatoms. The van der Waals surface area contributed by atoms with Crippen molar-refractivity contribution in [2.75, 3.05) is 36.4 Å². The number of amides is 1. The molecule has 3 aromatic rings. The van der Waals surface area contributed by atoms with Crippen LogP contribution in [0.25, 0.3) is 11.1 Å². The van der Waals surface area contributed by atoms with Crippen LogP contribution in [0.2, 0.25) is 0 Å². The minimum Gasteiger partial charge on any atom is -0.442 e. The topological polar surface area (TPSA) is 116 Å². The average molecular weight is 460 g/mol. The molecule has 3 fully saturated rings. The maximum absolute atomic E-state index is 15.1. The molecule has 2 aliphatic heterocycles. The van der Waals surface area contributed by atoms with Gasteiger partial charge in [-0.3, -0.25) is 9.88 Å². The summed E-state index contributed by atoms with van der Waals surface area (Å²) in [5, 5.41) is 19.8. The van der Waals surface area contributed by atoms with Crippen LogP contribution in [0.15, 0.2) is 53.4 Å². The second-order valence-corrected chi connectivity index (χ2v) is 8.83. The summed E-state index contributed by atoms with van der Waals surface area (Å²) >= 11 is 0. The minimum absolute atomic E-state index is 0.284. The Balaban J connectivity index is 1.16. The van der Waals surface area contributed by atoms with Gasteiger partial charge < -0.3 is 19.9 Å². The number of hydrogen-bond donors (Lipinski definition) is 2. The third-order valence-electron chi connectivity index (χ3n) is 7.05. The van der Waals surface area contributed by atoms with E-state index in [9.17, 15) is 10.1 Å². The predicted octanol–water partition coefficient (Wildman–Crippen LogP) is 2.92. The highest BCUT2D eigenvalue weighted by atomic mass is 19.1. The number of halogens is 1. The van der Waals surface area contributed by atoms with Crippen molar-refractivity contribution in [2.24, 2.45) is 11.8 Å². The highest BCUT2D eigenvalue weighted by Gasteiger charge is 2.69. The number of fused-ring (bicyclic) bond motifs is 1. The molecular formula is C24H21FN6O3. The summed E-state index contributed by atoms with van der Waals surface area (Å²) in [6, 6.07) is 12.4. The molecule has 1 saturated carbocycles. The summed E-state index contributed by atoms with van der Waals surface area (Å²) in [7, 11) is 0. The quantitative estimate of drug-likeness (QED) is 0.577. The van der Waals surface area contributed by atoms with Crippen LogP contribution < -0.4 is 15.5 Å². The number of anilines is 2. The Morgan fingerprint density at radius 3 is 2.79 bits per heavy atom. The van der Waals surface area contributed by atoms with Crippen LogP contribution in [0.1, 0.15) is 5.69 Å². The van der Waals surface area contributed by atoms with Gasteiger partial charge in [-0.25, -0.2) is 9.18 Å². The molecule has 4 heterocycles. The summed E-state index contributed by atoms with van der Waals surface area (Å²) in [4.78, 5) is 18.3. The minimum atomic E-state index is -0.531. The van der Waals surface area contributed by atoms with Gasteiger partial charge >= 0.3 is 6.09 Å². The van der Waals surface area contributed by atoms with Gasteiger partial charge in [0.25, 0.3) is 0 Å². The molecular weight excluding hydrogens is 439 g/mol. The standard InChI is InChI=1S/C24H21FN6O3/c25-20-7-15(31-12-16(34-23(31)32)9-29-22-5-6-33-30-22)2-3-17(20)14-1-4-21(28-8-14)24(13-26)18-10-27-11-19(18)24/h1-8,16,18-19,27H,9-12H2,(H,29,30)/t16-,18?,19?,24?/m1/s1. The Kier molecular flexibility index (Phi) is 4.74. The summed E-state index contributed by atoms with van der Waals surface area (Å²) in [5.41, 5.74) is 1.63. The van der Waals surface area contributed by atoms with E-state index in [1.165, 1.54) is 17.2 Å². The first-order valence-electron chi connectivity index (χ1n) is 11.1. The number of cyclic esters (lactones) is 1. The fourth-order valence-electron chi connectivity index (χ4n) is 5.21. The van der Waals surface area contributed by atoms with Gasteiger partial charge in [-0.05, 0) is 24.3 Å². The van der Waals surface area contributed by atoms with Gasteiger partial charge in [0.2, 0.25) is 0 Å². The van der Waals surface area contributed by atoms with Gasteiger partial charge in [-0.1, -0.05) is 11.2 Å². The van der Waals surface area contributed by atoms with E-state index in [0.29, 0.717) is 41.0 Å². The lowest BCUT2D eigenvalue weighted by Crippen LogP contribution is -2.27. The SMILES string of the molecule is N#CC1(c2ccc(-c3ccc(N4C[C@@H](CNc5ccon5)OC4=O)cc3F)cn2)C2CNCC21. The summed E-state index contributed by atoms with van der Waals surface area (Å²) < 4.78 is 25.2. The molecule has 1 amide bonds. The highest BCUT2D eigenvalue weighted by molar-refractivity contribution is 5.90. The number of aromatic nitrogens is 2. The van der Waals surface area contributed by atoms with E-state index in [4.69, 9.17) is 9.26 Å². The lowest BCUT2D eigenvalue weighted by Gasteiger charge is -2.15. The van der Waals surface area contributed by atoms with E-state index >= 15 is 4.39 Å². The number of carbonyl (C=O) groups is 1. The number of rotatable bonds is 6. The molecule has 3 atom stereocenters. The molecule has 0 bridgehead atoms. The molecule has 34 heavy (non-hydrogen) atoms. The highest BCUT2D eigenvalue weighted by Crippen LogP contribution is 2.60. The second kappa shape index (κ2) is 7.81. The molecule has 2 unspecified atom stereocenters. The molecule has 6 rings (SSSR count). The first kappa shape index (κ1) is 20.6. The zero-order valence-corrected chi connectivity index (χ0v) is 18.1. The number of hydrogen-bond acceptors (Lipinski definition) is 8. The van der Waals surface area contributed by atoms with E-state index in [1.807, 2.05) is 6.07 Å². The molecule has 0 spiro atoms. The van der Waals surface area contributed by atoms with Crippen molar-refractivity contribution in [3.63, 3.8) is 0 Å². The molecule has 172 valence electrons. The Morgan fingerprint density at radius 1 is 1.26 bits per heavy atom. The van der Waals surface area contributed by atoms with Crippen molar-refractivity contribution < 1.29 is 18.4 Å². The Hall–Kier alpha value is -3.97. The second-order valence-electron chi connectivity index (χ2n) is 8.83. The Morgan fingerprint density at radius 2 is 2.12 bits per heavy atom. The fraction of sp³-hybridized carbons (Fsp3) is 0.333. The smallest absolute Gasteiger partial charge is 0.414 e. The Bertz CT molecular complexity index is 1260. The van der Waals surface area contributed by atoms with E-state index in [0.717, 1.165) is 18.8 Å². The number of piperidine rings is 1. The molecule has 1 aromatic carbocycles. The van der Waals surface area contributed by atoms with Gasteiger partial charge in [-0.15, -0.1) is 0 Å². The normalized spacial score (nSPS) is 27.2. The first-order valence-corrected chi connectivity index (χ1v) is 11.1. The van der Waals surface area contributed by atoms with Crippen molar-refractivity contribution in [2.45, 2.75) is 11.5 Å². The van der Waals surface area contributed by atoms with Crippen LogP contribution >= 0.6 is 0 Å².